The summed E-state index contributed by atoms with van der Waals surface area (Å²) in [4.78, 5) is 45.9. The van der Waals surface area contributed by atoms with Crippen LogP contribution in [0.3, 0.4) is 0 Å². The number of benzene rings is 1. The summed E-state index contributed by atoms with van der Waals surface area (Å²) in [5, 5.41) is 10.6. The first-order valence-corrected chi connectivity index (χ1v) is 5.66. The van der Waals surface area contributed by atoms with Gasteiger partial charge in [0.1, 0.15) is 5.82 Å². The minimum atomic E-state index is -1.17. The Hall–Kier alpha value is -3.10. The van der Waals surface area contributed by atoms with Crippen molar-refractivity contribution >= 4 is 11.5 Å². The molecule has 2 rings (SSSR count). The lowest BCUT2D eigenvalue weighted by atomic mass is 10.1. The lowest BCUT2D eigenvalue weighted by Gasteiger charge is -2.05. The van der Waals surface area contributed by atoms with Crippen molar-refractivity contribution in [1.29, 1.82) is 0 Å². The van der Waals surface area contributed by atoms with Crippen LogP contribution < -0.4 is 11.2 Å². The van der Waals surface area contributed by atoms with E-state index in [0.717, 1.165) is 6.07 Å². The molecule has 1 N–H and O–H groups in total. The molecule has 0 fully saturated rings. The maximum absolute atomic E-state index is 13.4. The van der Waals surface area contributed by atoms with Crippen LogP contribution in [0.4, 0.5) is 10.1 Å². The summed E-state index contributed by atoms with van der Waals surface area (Å²) in [6.07, 6.45) is 0.653. The topological polar surface area (TPSA) is 115 Å². The molecule has 21 heavy (non-hydrogen) atoms. The Morgan fingerprint density at radius 3 is 2.62 bits per heavy atom. The number of hydrogen-bond donors (Lipinski definition) is 1. The Morgan fingerprint density at radius 1 is 1.33 bits per heavy atom. The first-order chi connectivity index (χ1) is 9.90. The molecule has 0 saturated carbocycles. The van der Waals surface area contributed by atoms with Gasteiger partial charge in [-0.05, 0) is 12.1 Å². The molecule has 2 aromatic rings. The first kappa shape index (κ1) is 14.3. The van der Waals surface area contributed by atoms with Crippen LogP contribution in [0.15, 0.2) is 40.1 Å². The third kappa shape index (κ3) is 2.91. The van der Waals surface area contributed by atoms with E-state index < -0.39 is 40.0 Å². The summed E-state index contributed by atoms with van der Waals surface area (Å²) in [5.41, 5.74) is -3.29. The molecule has 8 nitrogen and oxygen atoms in total. The quantitative estimate of drug-likeness (QED) is 0.499. The van der Waals surface area contributed by atoms with Crippen LogP contribution in [0.25, 0.3) is 0 Å². The fourth-order valence-corrected chi connectivity index (χ4v) is 1.67. The van der Waals surface area contributed by atoms with Crippen LogP contribution in [0.1, 0.15) is 10.4 Å². The van der Waals surface area contributed by atoms with Crippen molar-refractivity contribution in [3.05, 3.63) is 72.8 Å². The number of rotatable bonds is 4. The van der Waals surface area contributed by atoms with Crippen molar-refractivity contribution in [3.63, 3.8) is 0 Å². The third-order valence-corrected chi connectivity index (χ3v) is 2.68. The van der Waals surface area contributed by atoms with Gasteiger partial charge in [0.2, 0.25) is 0 Å². The highest BCUT2D eigenvalue weighted by Gasteiger charge is 2.18. The highest BCUT2D eigenvalue weighted by molar-refractivity contribution is 5.96. The lowest BCUT2D eigenvalue weighted by Crippen LogP contribution is -2.32. The molecule has 0 unspecified atom stereocenters. The van der Waals surface area contributed by atoms with E-state index in [1.165, 1.54) is 18.2 Å². The number of hydrogen-bond acceptors (Lipinski definition) is 5. The minimum Gasteiger partial charge on any atom is -0.292 e. The van der Waals surface area contributed by atoms with E-state index in [4.69, 9.17) is 0 Å². The Balaban J connectivity index is 2.41. The summed E-state index contributed by atoms with van der Waals surface area (Å²) in [6, 6.07) is 5.13. The molecule has 0 bridgehead atoms. The van der Waals surface area contributed by atoms with Crippen LogP contribution in [0.2, 0.25) is 0 Å². The number of nitrogens with zero attached hydrogens (tertiary/aromatic N) is 2. The molecule has 1 aromatic carbocycles. The van der Waals surface area contributed by atoms with E-state index in [0.29, 0.717) is 10.8 Å². The number of carbonyl (C=O) groups is 1. The first-order valence-electron chi connectivity index (χ1n) is 5.66. The normalized spacial score (nSPS) is 10.3. The van der Waals surface area contributed by atoms with Crippen molar-refractivity contribution < 1.29 is 14.1 Å². The average molecular weight is 293 g/mol. The summed E-state index contributed by atoms with van der Waals surface area (Å²) in [6.45, 7) is -0.628. The monoisotopic (exact) mass is 293 g/mol. The number of H-pyrrole nitrogens is 1. The molecule has 0 aliphatic carbocycles. The molecule has 1 aromatic heterocycles. The van der Waals surface area contributed by atoms with Gasteiger partial charge in [-0.25, -0.2) is 9.18 Å². The van der Waals surface area contributed by atoms with Crippen LogP contribution in [-0.2, 0) is 6.54 Å². The minimum absolute atomic E-state index is 0.252. The van der Waals surface area contributed by atoms with E-state index in [-0.39, 0.29) is 5.56 Å². The Bertz CT molecular complexity index is 839. The second-order valence-electron chi connectivity index (χ2n) is 4.06. The van der Waals surface area contributed by atoms with Crippen LogP contribution >= 0.6 is 0 Å². The van der Waals surface area contributed by atoms with E-state index in [1.807, 2.05) is 0 Å². The molecule has 0 atom stereocenters. The third-order valence-electron chi connectivity index (χ3n) is 2.68. The smallest absolute Gasteiger partial charge is 0.292 e. The molecular formula is C12H8FN3O5. The van der Waals surface area contributed by atoms with Crippen LogP contribution in [0, 0.1) is 15.9 Å². The largest absolute Gasteiger partial charge is 0.350 e. The lowest BCUT2D eigenvalue weighted by molar-refractivity contribution is -0.386. The van der Waals surface area contributed by atoms with Crippen molar-refractivity contribution in [3.8, 4) is 0 Å². The molecule has 0 aliphatic heterocycles. The molecular weight excluding hydrogens is 285 g/mol. The number of carbonyl (C=O) groups excluding carboxylic acids is 1. The van der Waals surface area contributed by atoms with Crippen molar-refractivity contribution in [2.24, 2.45) is 0 Å². The van der Waals surface area contributed by atoms with Crippen molar-refractivity contribution in [1.82, 2.24) is 9.55 Å². The fraction of sp³-hybridized carbons (Fsp3) is 0.0833. The van der Waals surface area contributed by atoms with Gasteiger partial charge in [-0.15, -0.1) is 0 Å². The Labute approximate surface area is 115 Å². The number of ketones is 1. The summed E-state index contributed by atoms with van der Waals surface area (Å²) in [7, 11) is 0. The molecule has 108 valence electrons. The molecule has 1 heterocycles. The van der Waals surface area contributed by atoms with Gasteiger partial charge in [0.05, 0.1) is 23.2 Å². The second-order valence-corrected chi connectivity index (χ2v) is 4.06. The highest BCUT2D eigenvalue weighted by atomic mass is 19.1. The number of nitro groups is 1. The fourth-order valence-electron chi connectivity index (χ4n) is 1.67. The molecule has 0 saturated heterocycles. The van der Waals surface area contributed by atoms with Gasteiger partial charge >= 0.3 is 16.9 Å². The molecule has 0 radical (unpaired) electrons. The van der Waals surface area contributed by atoms with Gasteiger partial charge in [-0.3, -0.25) is 29.3 Å². The molecule has 0 spiro atoms. The van der Waals surface area contributed by atoms with Crippen LogP contribution in [0.5, 0.6) is 0 Å². The zero-order chi connectivity index (χ0) is 15.6. The maximum atomic E-state index is 13.4. The predicted octanol–water partition coefficient (Wildman–Crippen LogP) is 0.467. The van der Waals surface area contributed by atoms with E-state index in [2.05, 4.69) is 0 Å². The number of aromatic nitrogens is 2. The van der Waals surface area contributed by atoms with Crippen molar-refractivity contribution in [2.75, 3.05) is 0 Å². The zero-order valence-corrected chi connectivity index (χ0v) is 10.4. The number of Topliss-reactive ketones (excluding diaryl/α,β-unsaturated/α-hetero) is 1. The van der Waals surface area contributed by atoms with E-state index in [1.54, 1.807) is 4.98 Å². The van der Waals surface area contributed by atoms with Crippen molar-refractivity contribution in [2.45, 2.75) is 6.54 Å². The van der Waals surface area contributed by atoms with Gasteiger partial charge in [-0.2, -0.15) is 0 Å². The van der Waals surface area contributed by atoms with Gasteiger partial charge in [-0.1, -0.05) is 12.1 Å². The number of nitrogens with one attached hydrogen (secondary N) is 1. The summed E-state index contributed by atoms with van der Waals surface area (Å²) in [5.74, 6) is -1.52. The Kier molecular flexibility index (Phi) is 3.74. The maximum Gasteiger partial charge on any atom is 0.350 e. The average Bonchev–Trinajstić information content (AvgIpc) is 2.41. The second kappa shape index (κ2) is 5.49. The number of halogens is 1. The van der Waals surface area contributed by atoms with E-state index >= 15 is 0 Å². The summed E-state index contributed by atoms with van der Waals surface area (Å²) >= 11 is 0. The van der Waals surface area contributed by atoms with E-state index in [9.17, 15) is 28.9 Å². The molecule has 9 heteroatoms. The SMILES string of the molecule is O=C(Cn1cc([N+](=O)[O-])c(=O)[nH]c1=O)c1ccccc1F. The summed E-state index contributed by atoms with van der Waals surface area (Å²) < 4.78 is 14.1. The predicted molar refractivity (Wildman–Crippen MR) is 68.7 cm³/mol. The Morgan fingerprint density at radius 2 is 2.00 bits per heavy atom. The molecule has 0 aliphatic rings. The van der Waals surface area contributed by atoms with Gasteiger partial charge < -0.3 is 0 Å². The molecule has 0 amide bonds. The van der Waals surface area contributed by atoms with Gasteiger partial charge in [0.25, 0.3) is 0 Å². The number of aromatic amines is 1. The van der Waals surface area contributed by atoms with Gasteiger partial charge in [0.15, 0.2) is 5.78 Å². The van der Waals surface area contributed by atoms with Gasteiger partial charge in [0, 0.05) is 0 Å². The van der Waals surface area contributed by atoms with Crippen LogP contribution in [-0.4, -0.2) is 20.3 Å². The standard InChI is InChI=1S/C12H8FN3O5/c13-8-4-2-1-3-7(8)10(17)6-15-5-9(16(20)21)11(18)14-12(15)19/h1-5H,6H2,(H,14,18,19). The highest BCUT2D eigenvalue weighted by Crippen LogP contribution is 2.08. The zero-order valence-electron chi connectivity index (χ0n) is 10.4.